The van der Waals surface area contributed by atoms with Gasteiger partial charge in [-0.2, -0.15) is 0 Å². The largest absolute Gasteiger partial charge is 1.00 e. The van der Waals surface area contributed by atoms with Crippen molar-refractivity contribution in [2.45, 2.75) is 57.8 Å². The number of aryl methyl sites for hydroxylation is 3. The van der Waals surface area contributed by atoms with E-state index in [-0.39, 0.29) is 35.4 Å². The molecular weight excluding hydrogens is 522 g/mol. The van der Waals surface area contributed by atoms with E-state index in [0.717, 1.165) is 62.5 Å². The Balaban J connectivity index is 0.00000353. The summed E-state index contributed by atoms with van der Waals surface area (Å²) in [5, 5.41) is 12.2. The number of carboxylic acids is 1. The molecule has 0 spiro atoms. The number of carbonyl (C=O) groups is 1. The molecule has 2 heterocycles. The van der Waals surface area contributed by atoms with Crippen LogP contribution in [0.4, 0.5) is 4.39 Å². The molecule has 0 radical (unpaired) electrons. The van der Waals surface area contributed by atoms with Gasteiger partial charge >= 0.3 is 29.6 Å². The quantitative estimate of drug-likeness (QED) is 0.440. The van der Waals surface area contributed by atoms with E-state index in [9.17, 15) is 14.3 Å². The van der Waals surface area contributed by atoms with Gasteiger partial charge in [0.15, 0.2) is 0 Å². The molecule has 5 rings (SSSR count). The monoisotopic (exact) mass is 554 g/mol. The summed E-state index contributed by atoms with van der Waals surface area (Å²) in [5.74, 6) is -1.56. The zero-order valence-electron chi connectivity index (χ0n) is 23.0. The first-order chi connectivity index (χ1) is 18.2. The van der Waals surface area contributed by atoms with Crippen molar-refractivity contribution < 1.29 is 43.8 Å². The summed E-state index contributed by atoms with van der Waals surface area (Å²) in [6.45, 7) is 5.90. The van der Waals surface area contributed by atoms with Crippen molar-refractivity contribution in [2.75, 3.05) is 19.6 Å². The SMILES string of the molecule is CC(C)(C(=O)[O-])c1ccc(CCCN2CCC(=C3c4ccc(Cl)cc4CCc4cccnc43)CC2)c(F)c1.[Na+]. The molecule has 0 N–H and O–H groups in total. The Morgan fingerprint density at radius 2 is 1.79 bits per heavy atom. The van der Waals surface area contributed by atoms with Crippen molar-refractivity contribution in [3.63, 3.8) is 0 Å². The Morgan fingerprint density at radius 1 is 1.05 bits per heavy atom. The number of piperidine rings is 1. The van der Waals surface area contributed by atoms with E-state index in [4.69, 9.17) is 16.6 Å². The molecule has 1 saturated heterocycles. The Labute approximate surface area is 257 Å². The molecular formula is C32H33ClFN2NaO2. The molecule has 1 aromatic heterocycles. The maximum absolute atomic E-state index is 14.7. The van der Waals surface area contributed by atoms with Crippen molar-refractivity contribution in [2.24, 2.45) is 0 Å². The standard InChI is InChI=1S/C32H34ClFN2O2.Na/c1-32(2,31(37)38)25-10-9-21(28(34)20-25)6-4-16-36-17-13-22(14-18-36)29-27-12-11-26(33)19-24(27)8-7-23-5-3-15-35-30(23)29;/h3,5,9-12,15,19-20H,4,6-8,13-14,16-18H2,1-2H3,(H,37,38);/q;+1/p-1. The summed E-state index contributed by atoms with van der Waals surface area (Å²) in [6.07, 6.45) is 7.23. The van der Waals surface area contributed by atoms with Crippen LogP contribution in [0.15, 0.2) is 60.3 Å². The minimum absolute atomic E-state index is 0. The molecule has 0 atom stereocenters. The fourth-order valence-corrected chi connectivity index (χ4v) is 5.87. The average Bonchev–Trinajstić information content (AvgIpc) is 3.06. The molecule has 2 aliphatic rings. The van der Waals surface area contributed by atoms with Crippen LogP contribution in [0.2, 0.25) is 5.02 Å². The van der Waals surface area contributed by atoms with Crippen LogP contribution in [0.5, 0.6) is 0 Å². The van der Waals surface area contributed by atoms with Gasteiger partial charge in [-0.3, -0.25) is 4.98 Å². The van der Waals surface area contributed by atoms with Crippen LogP contribution in [0, 0.1) is 5.82 Å². The van der Waals surface area contributed by atoms with Gasteiger partial charge in [-0.25, -0.2) is 4.39 Å². The van der Waals surface area contributed by atoms with Gasteiger partial charge in [0.05, 0.1) is 11.7 Å². The number of nitrogens with zero attached hydrogens (tertiary/aromatic N) is 2. The summed E-state index contributed by atoms with van der Waals surface area (Å²) in [4.78, 5) is 18.7. The number of pyridine rings is 1. The molecule has 1 aliphatic carbocycles. The summed E-state index contributed by atoms with van der Waals surface area (Å²) in [6, 6.07) is 15.2. The first-order valence-electron chi connectivity index (χ1n) is 13.4. The fraction of sp³-hybridized carbons (Fsp3) is 0.375. The van der Waals surface area contributed by atoms with Gasteiger partial charge < -0.3 is 14.8 Å². The van der Waals surface area contributed by atoms with Gasteiger partial charge in [0.1, 0.15) is 5.82 Å². The molecule has 39 heavy (non-hydrogen) atoms. The first-order valence-corrected chi connectivity index (χ1v) is 13.8. The number of aromatic nitrogens is 1. The van der Waals surface area contributed by atoms with Gasteiger partial charge in [0, 0.05) is 35.3 Å². The van der Waals surface area contributed by atoms with Crippen LogP contribution in [-0.2, 0) is 29.5 Å². The topological polar surface area (TPSA) is 56.3 Å². The van der Waals surface area contributed by atoms with E-state index in [2.05, 4.69) is 23.1 Å². The van der Waals surface area contributed by atoms with Crippen LogP contribution < -0.4 is 34.7 Å². The zero-order valence-corrected chi connectivity index (χ0v) is 25.8. The van der Waals surface area contributed by atoms with Crippen molar-refractivity contribution in [1.29, 1.82) is 0 Å². The van der Waals surface area contributed by atoms with E-state index in [1.165, 1.54) is 47.8 Å². The number of rotatable bonds is 6. The third-order valence-corrected chi connectivity index (χ3v) is 8.38. The summed E-state index contributed by atoms with van der Waals surface area (Å²) in [7, 11) is 0. The molecule has 3 aromatic rings. The first kappa shape index (κ1) is 30.0. The van der Waals surface area contributed by atoms with Crippen molar-refractivity contribution in [1.82, 2.24) is 9.88 Å². The number of benzene rings is 2. The number of carbonyl (C=O) groups excluding carboxylic acids is 1. The number of fused-ring (bicyclic) bond motifs is 2. The van der Waals surface area contributed by atoms with E-state index < -0.39 is 11.4 Å². The van der Waals surface area contributed by atoms with Crippen LogP contribution in [0.3, 0.4) is 0 Å². The summed E-state index contributed by atoms with van der Waals surface area (Å²) < 4.78 is 14.7. The molecule has 0 saturated carbocycles. The predicted molar refractivity (Wildman–Crippen MR) is 148 cm³/mol. The Morgan fingerprint density at radius 3 is 2.51 bits per heavy atom. The summed E-state index contributed by atoms with van der Waals surface area (Å²) in [5.41, 5.74) is 7.51. The molecule has 0 amide bonds. The second kappa shape index (κ2) is 12.7. The molecule has 0 unspecified atom stereocenters. The van der Waals surface area contributed by atoms with Gasteiger partial charge in [-0.1, -0.05) is 55.3 Å². The average molecular weight is 555 g/mol. The van der Waals surface area contributed by atoms with Crippen LogP contribution in [0.25, 0.3) is 5.57 Å². The van der Waals surface area contributed by atoms with Gasteiger partial charge in [0.2, 0.25) is 0 Å². The Bertz CT molecular complexity index is 1390. The van der Waals surface area contributed by atoms with E-state index in [0.29, 0.717) is 17.5 Å². The van der Waals surface area contributed by atoms with Crippen LogP contribution in [0.1, 0.15) is 66.6 Å². The smallest absolute Gasteiger partial charge is 0.549 e. The van der Waals surface area contributed by atoms with Crippen molar-refractivity contribution in [3.8, 4) is 0 Å². The number of carboxylic acid groups (broad SMARTS) is 1. The molecule has 4 nitrogen and oxygen atoms in total. The van der Waals surface area contributed by atoms with E-state index in [1.54, 1.807) is 12.1 Å². The number of hydrogen-bond donors (Lipinski definition) is 0. The molecule has 7 heteroatoms. The van der Waals surface area contributed by atoms with E-state index in [1.807, 2.05) is 18.3 Å². The number of likely N-dealkylation sites (tertiary alicyclic amines) is 1. The molecule has 0 bridgehead atoms. The maximum atomic E-state index is 14.7. The second-order valence-electron chi connectivity index (χ2n) is 11.0. The fourth-order valence-electron chi connectivity index (χ4n) is 5.68. The van der Waals surface area contributed by atoms with Crippen LogP contribution in [-0.4, -0.2) is 35.5 Å². The Hall–Kier alpha value is -2.02. The Kier molecular flexibility index (Phi) is 9.72. The van der Waals surface area contributed by atoms with Crippen LogP contribution >= 0.6 is 11.6 Å². The molecule has 1 aliphatic heterocycles. The summed E-state index contributed by atoms with van der Waals surface area (Å²) >= 11 is 6.35. The van der Waals surface area contributed by atoms with Gasteiger partial charge in [0.25, 0.3) is 0 Å². The molecule has 1 fully saturated rings. The number of aliphatic carboxylic acids is 1. The maximum Gasteiger partial charge on any atom is 1.00 e. The number of halogens is 2. The normalized spacial score (nSPS) is 15.7. The number of hydrogen-bond acceptors (Lipinski definition) is 4. The van der Waals surface area contributed by atoms with E-state index >= 15 is 0 Å². The van der Waals surface area contributed by atoms with Gasteiger partial charge in [-0.15, -0.1) is 0 Å². The van der Waals surface area contributed by atoms with Gasteiger partial charge in [-0.05, 0) is 97.2 Å². The second-order valence-corrected chi connectivity index (χ2v) is 11.4. The van der Waals surface area contributed by atoms with Crippen molar-refractivity contribution in [3.05, 3.63) is 105 Å². The predicted octanol–water partition coefficient (Wildman–Crippen LogP) is 2.53. The third kappa shape index (κ3) is 6.49. The molecule has 2 aromatic carbocycles. The third-order valence-electron chi connectivity index (χ3n) is 8.15. The zero-order chi connectivity index (χ0) is 26.9. The minimum Gasteiger partial charge on any atom is -0.549 e. The minimum atomic E-state index is -1.22. The van der Waals surface area contributed by atoms with Crippen molar-refractivity contribution >= 4 is 23.1 Å². The molecule has 198 valence electrons.